The fourth-order valence-corrected chi connectivity index (χ4v) is 4.37. The second kappa shape index (κ2) is 9.20. The highest BCUT2D eigenvalue weighted by molar-refractivity contribution is 6.30. The lowest BCUT2D eigenvalue weighted by Gasteiger charge is -2.42. The molecule has 0 N–H and O–H groups in total. The van der Waals surface area contributed by atoms with Crippen molar-refractivity contribution in [3.8, 4) is 5.75 Å². The summed E-state index contributed by atoms with van der Waals surface area (Å²) in [5, 5.41) is 12.2. The predicted octanol–water partition coefficient (Wildman–Crippen LogP) is 4.86. The molecule has 0 saturated carbocycles. The van der Waals surface area contributed by atoms with Gasteiger partial charge in [-0.15, -0.1) is 0 Å². The number of rotatable bonds is 7. The van der Waals surface area contributed by atoms with Crippen molar-refractivity contribution in [2.24, 2.45) is 0 Å². The number of nitro groups is 1. The van der Waals surface area contributed by atoms with Crippen LogP contribution >= 0.6 is 11.6 Å². The normalized spacial score (nSPS) is 18.7. The van der Waals surface area contributed by atoms with Crippen molar-refractivity contribution in [3.63, 3.8) is 0 Å². The molecule has 1 aliphatic rings. The molecule has 0 heterocycles. The van der Waals surface area contributed by atoms with Crippen LogP contribution in [0.1, 0.15) is 41.3 Å². The summed E-state index contributed by atoms with van der Waals surface area (Å²) in [5.41, 5.74) is 0.395. The van der Waals surface area contributed by atoms with Crippen LogP contribution in [0.4, 0.5) is 10.1 Å². The zero-order chi connectivity index (χ0) is 22.8. The van der Waals surface area contributed by atoms with Crippen molar-refractivity contribution in [2.45, 2.75) is 37.7 Å². The Morgan fingerprint density at radius 3 is 2.71 bits per heavy atom. The number of fused-ring (bicyclic) bond motifs is 1. The summed E-state index contributed by atoms with van der Waals surface area (Å²) in [7, 11) is 2.66. The third-order valence-electron chi connectivity index (χ3n) is 5.94. The standard InChI is InChI=1S/C22H23ClFNO6/c1-13(29-2)22(8-4-5-14-9-15(23)6-7-17(14)22)12-31-20-11-18(24)16(21(26)30-3)10-19(20)25(27)28/h6-7,9-11,13H,4-5,8,12H2,1-3H3/t13?,22-/m1/s1. The first-order valence-electron chi connectivity index (χ1n) is 9.74. The summed E-state index contributed by atoms with van der Waals surface area (Å²) in [6.45, 7) is 1.93. The molecule has 2 atom stereocenters. The Kier molecular flexibility index (Phi) is 6.81. The summed E-state index contributed by atoms with van der Waals surface area (Å²) < 4.78 is 30.5. The van der Waals surface area contributed by atoms with E-state index in [2.05, 4.69) is 4.74 Å². The van der Waals surface area contributed by atoms with E-state index in [9.17, 15) is 19.3 Å². The number of methoxy groups -OCH3 is 2. The quantitative estimate of drug-likeness (QED) is 0.339. The third-order valence-corrected chi connectivity index (χ3v) is 6.18. The molecule has 0 radical (unpaired) electrons. The zero-order valence-corrected chi connectivity index (χ0v) is 18.2. The van der Waals surface area contributed by atoms with Gasteiger partial charge in [0.1, 0.15) is 18.0 Å². The van der Waals surface area contributed by atoms with Crippen molar-refractivity contribution in [1.29, 1.82) is 0 Å². The first-order valence-corrected chi connectivity index (χ1v) is 10.1. The first kappa shape index (κ1) is 23.0. The van der Waals surface area contributed by atoms with Crippen LogP contribution in [0.15, 0.2) is 30.3 Å². The van der Waals surface area contributed by atoms with Crippen molar-refractivity contribution in [3.05, 3.63) is 68.0 Å². The number of ether oxygens (including phenoxy) is 3. The van der Waals surface area contributed by atoms with Gasteiger partial charge in [-0.25, -0.2) is 9.18 Å². The van der Waals surface area contributed by atoms with Gasteiger partial charge in [-0.2, -0.15) is 0 Å². The van der Waals surface area contributed by atoms with Crippen LogP contribution in [-0.4, -0.2) is 37.8 Å². The van der Waals surface area contributed by atoms with Gasteiger partial charge in [0.25, 0.3) is 0 Å². The Labute approximate surface area is 184 Å². The Bertz CT molecular complexity index is 1010. The molecule has 0 spiro atoms. The number of esters is 1. The molecule has 0 fully saturated rings. The second-order valence-corrected chi connectivity index (χ2v) is 7.96. The summed E-state index contributed by atoms with van der Waals surface area (Å²) >= 11 is 6.16. The van der Waals surface area contributed by atoms with E-state index in [0.29, 0.717) is 11.4 Å². The summed E-state index contributed by atoms with van der Waals surface area (Å²) in [5.74, 6) is -2.23. The van der Waals surface area contributed by atoms with E-state index in [4.69, 9.17) is 21.1 Å². The third kappa shape index (κ3) is 4.36. The van der Waals surface area contributed by atoms with Gasteiger partial charge < -0.3 is 14.2 Å². The Hall–Kier alpha value is -2.71. The molecule has 2 aromatic carbocycles. The highest BCUT2D eigenvalue weighted by atomic mass is 35.5. The molecule has 0 aliphatic heterocycles. The topological polar surface area (TPSA) is 87.9 Å². The number of nitrogens with zero attached hydrogens (tertiary/aromatic N) is 1. The molecule has 31 heavy (non-hydrogen) atoms. The van der Waals surface area contributed by atoms with Gasteiger partial charge in [0.15, 0.2) is 5.75 Å². The van der Waals surface area contributed by atoms with Gasteiger partial charge in [0, 0.05) is 24.3 Å². The van der Waals surface area contributed by atoms with Crippen molar-refractivity contribution < 1.29 is 28.3 Å². The van der Waals surface area contributed by atoms with Crippen LogP contribution in [0.3, 0.4) is 0 Å². The van der Waals surface area contributed by atoms with Crippen LogP contribution in [0.5, 0.6) is 5.75 Å². The van der Waals surface area contributed by atoms with E-state index >= 15 is 0 Å². The lowest BCUT2D eigenvalue weighted by molar-refractivity contribution is -0.386. The number of hydrogen-bond acceptors (Lipinski definition) is 6. The minimum absolute atomic E-state index is 0.0223. The molecule has 9 heteroatoms. The average molecular weight is 452 g/mol. The lowest BCUT2D eigenvalue weighted by atomic mass is 9.67. The first-order chi connectivity index (χ1) is 14.7. The highest BCUT2D eigenvalue weighted by Crippen LogP contribution is 2.43. The van der Waals surface area contributed by atoms with Gasteiger partial charge in [-0.3, -0.25) is 10.1 Å². The average Bonchev–Trinajstić information content (AvgIpc) is 2.75. The van der Waals surface area contributed by atoms with Gasteiger partial charge >= 0.3 is 11.7 Å². The highest BCUT2D eigenvalue weighted by Gasteiger charge is 2.43. The number of nitro benzene ring substituents is 1. The fourth-order valence-electron chi connectivity index (χ4n) is 4.17. The number of benzene rings is 2. The van der Waals surface area contributed by atoms with Gasteiger partial charge in [0.05, 0.1) is 23.6 Å². The molecule has 0 amide bonds. The second-order valence-electron chi connectivity index (χ2n) is 7.53. The molecule has 1 unspecified atom stereocenters. The smallest absolute Gasteiger partial charge is 0.341 e. The number of carbonyl (C=O) groups excluding carboxylic acids is 1. The monoisotopic (exact) mass is 451 g/mol. The number of hydrogen-bond donors (Lipinski definition) is 0. The van der Waals surface area contributed by atoms with Crippen LogP contribution in [0.25, 0.3) is 0 Å². The molecule has 0 aromatic heterocycles. The van der Waals surface area contributed by atoms with Crippen molar-refractivity contribution in [2.75, 3.05) is 20.8 Å². The molecule has 7 nitrogen and oxygen atoms in total. The van der Waals surface area contributed by atoms with E-state index in [1.807, 2.05) is 19.1 Å². The molecular weight excluding hydrogens is 429 g/mol. The minimum Gasteiger partial charge on any atom is -0.486 e. The Morgan fingerprint density at radius 2 is 2.06 bits per heavy atom. The molecule has 166 valence electrons. The van der Waals surface area contributed by atoms with Crippen LogP contribution in [0, 0.1) is 15.9 Å². The molecule has 2 aromatic rings. The fraction of sp³-hybridized carbons (Fsp3) is 0.409. The SMILES string of the molecule is COC(=O)c1cc([N+](=O)[O-])c(OC[C@@]2(C(C)OC)CCCc3cc(Cl)ccc32)cc1F. The van der Waals surface area contributed by atoms with Crippen LogP contribution in [0.2, 0.25) is 5.02 Å². The summed E-state index contributed by atoms with van der Waals surface area (Å²) in [4.78, 5) is 22.6. The van der Waals surface area contributed by atoms with E-state index in [1.54, 1.807) is 13.2 Å². The van der Waals surface area contributed by atoms with Crippen LogP contribution < -0.4 is 4.74 Å². The van der Waals surface area contributed by atoms with Crippen molar-refractivity contribution in [1.82, 2.24) is 0 Å². The molecule has 0 bridgehead atoms. The maximum absolute atomic E-state index is 14.5. The largest absolute Gasteiger partial charge is 0.486 e. The predicted molar refractivity (Wildman–Crippen MR) is 112 cm³/mol. The van der Waals surface area contributed by atoms with Gasteiger partial charge in [0.2, 0.25) is 0 Å². The molecule has 3 rings (SSSR count). The van der Waals surface area contributed by atoms with E-state index in [1.165, 1.54) is 0 Å². The van der Waals surface area contributed by atoms with Crippen molar-refractivity contribution >= 4 is 23.3 Å². The maximum Gasteiger partial charge on any atom is 0.341 e. The summed E-state index contributed by atoms with van der Waals surface area (Å²) in [6.07, 6.45) is 2.12. The van der Waals surface area contributed by atoms with E-state index < -0.39 is 33.4 Å². The summed E-state index contributed by atoms with van der Waals surface area (Å²) in [6, 6.07) is 7.29. The Balaban J connectivity index is 2.02. The molecular formula is C22H23ClFNO6. The van der Waals surface area contributed by atoms with Crippen LogP contribution in [-0.2, 0) is 21.3 Å². The molecule has 0 saturated heterocycles. The lowest BCUT2D eigenvalue weighted by Crippen LogP contribution is -2.46. The zero-order valence-electron chi connectivity index (χ0n) is 17.4. The van der Waals surface area contributed by atoms with E-state index in [-0.39, 0.29) is 18.5 Å². The van der Waals surface area contributed by atoms with E-state index in [0.717, 1.165) is 43.2 Å². The van der Waals surface area contributed by atoms with Gasteiger partial charge in [-0.05, 0) is 49.4 Å². The van der Waals surface area contributed by atoms with Gasteiger partial charge in [-0.1, -0.05) is 17.7 Å². The maximum atomic E-state index is 14.5. The molecule has 1 aliphatic carbocycles. The number of halogens is 2. The minimum atomic E-state index is -1.00. The Morgan fingerprint density at radius 1 is 1.32 bits per heavy atom. The number of aryl methyl sites for hydroxylation is 1. The number of carbonyl (C=O) groups is 1.